The molecule has 0 heterocycles. The number of hydrogen-bond donors (Lipinski definition) is 1. The second-order valence-electron chi connectivity index (χ2n) is 2.53. The largest absolute Gasteiger partial charge is 0.384 e. The van der Waals surface area contributed by atoms with Crippen LogP contribution in [0.25, 0.3) is 0 Å². The minimum absolute atomic E-state index is 0.127. The summed E-state index contributed by atoms with van der Waals surface area (Å²) in [5.41, 5.74) is 5.46. The Hall–Kier alpha value is -1.50. The van der Waals surface area contributed by atoms with Gasteiger partial charge in [0.2, 0.25) is 5.76 Å². The Morgan fingerprint density at radius 2 is 2.25 bits per heavy atom. The number of allylic oxidation sites excluding steroid dienone is 2. The SMILES string of the molecule is C/C=C(/C#N)O/N=C(\N)C(C)C. The molecular weight excluding hydrogens is 154 g/mol. The van der Waals surface area contributed by atoms with Crippen LogP contribution in [0.3, 0.4) is 0 Å². The van der Waals surface area contributed by atoms with Crippen LogP contribution in [-0.2, 0) is 4.84 Å². The lowest BCUT2D eigenvalue weighted by atomic mass is 10.2. The fourth-order valence-electron chi connectivity index (χ4n) is 0.345. The zero-order chi connectivity index (χ0) is 9.56. The molecule has 0 aromatic carbocycles. The molecule has 12 heavy (non-hydrogen) atoms. The molecule has 0 rings (SSSR count). The lowest BCUT2D eigenvalue weighted by molar-refractivity contribution is 0.240. The summed E-state index contributed by atoms with van der Waals surface area (Å²) in [5, 5.41) is 12.0. The Balaban J connectivity index is 4.15. The molecule has 0 fully saturated rings. The summed E-state index contributed by atoms with van der Waals surface area (Å²) in [6.45, 7) is 5.48. The third-order valence-electron chi connectivity index (χ3n) is 1.21. The zero-order valence-corrected chi connectivity index (χ0v) is 7.53. The molecule has 0 aromatic heterocycles. The summed E-state index contributed by atoms with van der Waals surface area (Å²) < 4.78 is 0. The van der Waals surface area contributed by atoms with E-state index in [0.717, 1.165) is 0 Å². The summed E-state index contributed by atoms with van der Waals surface area (Å²) in [6, 6.07) is 1.82. The molecule has 0 amide bonds. The summed E-state index contributed by atoms with van der Waals surface area (Å²) in [7, 11) is 0. The minimum atomic E-state index is 0.127. The van der Waals surface area contributed by atoms with Gasteiger partial charge >= 0.3 is 0 Å². The van der Waals surface area contributed by atoms with E-state index in [2.05, 4.69) is 5.16 Å². The summed E-state index contributed by atoms with van der Waals surface area (Å²) in [4.78, 5) is 4.73. The first-order chi connectivity index (χ1) is 5.61. The monoisotopic (exact) mass is 167 g/mol. The van der Waals surface area contributed by atoms with E-state index >= 15 is 0 Å². The van der Waals surface area contributed by atoms with E-state index in [-0.39, 0.29) is 11.7 Å². The molecule has 4 nitrogen and oxygen atoms in total. The van der Waals surface area contributed by atoms with Gasteiger partial charge in [-0.2, -0.15) is 5.26 Å². The molecule has 0 spiro atoms. The number of amidine groups is 1. The molecule has 0 aromatic rings. The Kier molecular flexibility index (Phi) is 4.54. The van der Waals surface area contributed by atoms with Gasteiger partial charge in [-0.15, -0.1) is 0 Å². The van der Waals surface area contributed by atoms with E-state index in [1.807, 2.05) is 19.9 Å². The Labute approximate surface area is 72.3 Å². The minimum Gasteiger partial charge on any atom is -0.384 e. The molecule has 0 radical (unpaired) electrons. The van der Waals surface area contributed by atoms with Crippen LogP contribution in [0.5, 0.6) is 0 Å². The highest BCUT2D eigenvalue weighted by Crippen LogP contribution is 1.98. The average molecular weight is 167 g/mol. The van der Waals surface area contributed by atoms with E-state index in [1.165, 1.54) is 6.08 Å². The fraction of sp³-hybridized carbons (Fsp3) is 0.500. The quantitative estimate of drug-likeness (QED) is 0.227. The molecule has 0 bridgehead atoms. The van der Waals surface area contributed by atoms with E-state index in [1.54, 1.807) is 6.92 Å². The average Bonchev–Trinajstić information content (AvgIpc) is 2.05. The van der Waals surface area contributed by atoms with Gasteiger partial charge < -0.3 is 10.6 Å². The van der Waals surface area contributed by atoms with Crippen LogP contribution in [0.15, 0.2) is 17.0 Å². The molecule has 0 saturated carbocycles. The highest BCUT2D eigenvalue weighted by atomic mass is 16.6. The van der Waals surface area contributed by atoms with E-state index < -0.39 is 0 Å². The second-order valence-corrected chi connectivity index (χ2v) is 2.53. The molecular formula is C8H13N3O. The topological polar surface area (TPSA) is 71.4 Å². The van der Waals surface area contributed by atoms with Crippen LogP contribution in [0.2, 0.25) is 0 Å². The van der Waals surface area contributed by atoms with Crippen LogP contribution in [-0.4, -0.2) is 5.84 Å². The summed E-state index contributed by atoms with van der Waals surface area (Å²) in [5.74, 6) is 0.657. The third kappa shape index (κ3) is 3.62. The van der Waals surface area contributed by atoms with Gasteiger partial charge in [0.05, 0.1) is 0 Å². The van der Waals surface area contributed by atoms with Crippen LogP contribution >= 0.6 is 0 Å². The number of nitrogens with zero attached hydrogens (tertiary/aromatic N) is 2. The molecule has 0 aliphatic carbocycles. The van der Waals surface area contributed by atoms with Crippen molar-refractivity contribution in [2.45, 2.75) is 20.8 Å². The van der Waals surface area contributed by atoms with E-state index in [9.17, 15) is 0 Å². The lowest BCUT2D eigenvalue weighted by Gasteiger charge is -2.01. The maximum Gasteiger partial charge on any atom is 0.230 e. The van der Waals surface area contributed by atoms with Gasteiger partial charge in [0.25, 0.3) is 0 Å². The first-order valence-corrected chi connectivity index (χ1v) is 3.68. The fourth-order valence-corrected chi connectivity index (χ4v) is 0.345. The maximum atomic E-state index is 8.42. The van der Waals surface area contributed by atoms with Crippen LogP contribution in [0.4, 0.5) is 0 Å². The van der Waals surface area contributed by atoms with Crippen molar-refractivity contribution in [2.75, 3.05) is 0 Å². The van der Waals surface area contributed by atoms with Crippen molar-refractivity contribution >= 4 is 5.84 Å². The lowest BCUT2D eigenvalue weighted by Crippen LogP contribution is -2.18. The number of oxime groups is 1. The van der Waals surface area contributed by atoms with Gasteiger partial charge in [-0.05, 0) is 13.0 Å². The Morgan fingerprint density at radius 3 is 2.58 bits per heavy atom. The predicted molar refractivity (Wildman–Crippen MR) is 46.9 cm³/mol. The van der Waals surface area contributed by atoms with Crippen LogP contribution < -0.4 is 5.73 Å². The molecule has 4 heteroatoms. The number of hydrogen-bond acceptors (Lipinski definition) is 3. The van der Waals surface area contributed by atoms with Crippen molar-refractivity contribution in [3.63, 3.8) is 0 Å². The second kappa shape index (κ2) is 5.19. The van der Waals surface area contributed by atoms with Crippen molar-refractivity contribution in [2.24, 2.45) is 16.8 Å². The van der Waals surface area contributed by atoms with Gasteiger partial charge in [0.1, 0.15) is 11.9 Å². The molecule has 0 atom stereocenters. The summed E-state index contributed by atoms with van der Waals surface area (Å²) >= 11 is 0. The molecule has 66 valence electrons. The van der Waals surface area contributed by atoms with Crippen LogP contribution in [0.1, 0.15) is 20.8 Å². The molecule has 0 unspecified atom stereocenters. The van der Waals surface area contributed by atoms with Crippen molar-refractivity contribution in [3.8, 4) is 6.07 Å². The van der Waals surface area contributed by atoms with Gasteiger partial charge in [0, 0.05) is 5.92 Å². The maximum absolute atomic E-state index is 8.42. The smallest absolute Gasteiger partial charge is 0.230 e. The van der Waals surface area contributed by atoms with Gasteiger partial charge in [-0.3, -0.25) is 0 Å². The zero-order valence-electron chi connectivity index (χ0n) is 7.53. The molecule has 2 N–H and O–H groups in total. The van der Waals surface area contributed by atoms with Gasteiger partial charge in [0.15, 0.2) is 0 Å². The molecule has 0 aliphatic heterocycles. The van der Waals surface area contributed by atoms with Crippen molar-refractivity contribution in [3.05, 3.63) is 11.8 Å². The van der Waals surface area contributed by atoms with Gasteiger partial charge in [-0.25, -0.2) is 0 Å². The summed E-state index contributed by atoms with van der Waals surface area (Å²) in [6.07, 6.45) is 1.52. The normalized spacial score (nSPS) is 12.9. The first kappa shape index (κ1) is 10.5. The van der Waals surface area contributed by atoms with Crippen molar-refractivity contribution < 1.29 is 4.84 Å². The Bertz CT molecular complexity index is 235. The highest BCUT2D eigenvalue weighted by molar-refractivity contribution is 5.81. The molecule has 0 aliphatic rings. The third-order valence-corrected chi connectivity index (χ3v) is 1.21. The van der Waals surface area contributed by atoms with E-state index in [0.29, 0.717) is 5.84 Å². The number of nitriles is 1. The van der Waals surface area contributed by atoms with Crippen molar-refractivity contribution in [1.29, 1.82) is 5.26 Å². The highest BCUT2D eigenvalue weighted by Gasteiger charge is 2.00. The number of nitrogens with two attached hydrogens (primary N) is 1. The first-order valence-electron chi connectivity index (χ1n) is 3.68. The number of rotatable bonds is 3. The van der Waals surface area contributed by atoms with Gasteiger partial charge in [-0.1, -0.05) is 19.0 Å². The van der Waals surface area contributed by atoms with Crippen LogP contribution in [0, 0.1) is 17.2 Å². The molecule has 0 saturated heterocycles. The standard InChI is InChI=1S/C8H13N3O/c1-4-7(5-9)12-11-8(10)6(2)3/h4,6H,1-3H3,(H2,10,11)/b7-4-. The van der Waals surface area contributed by atoms with Crippen molar-refractivity contribution in [1.82, 2.24) is 0 Å². The Morgan fingerprint density at radius 1 is 1.67 bits per heavy atom. The van der Waals surface area contributed by atoms with E-state index in [4.69, 9.17) is 15.8 Å². The predicted octanol–water partition coefficient (Wildman–Crippen LogP) is 1.36.